The van der Waals surface area contributed by atoms with Gasteiger partial charge in [-0.25, -0.2) is 4.98 Å². The van der Waals surface area contributed by atoms with Crippen molar-refractivity contribution >= 4 is 5.91 Å². The minimum Gasteiger partial charge on any atom is -0.497 e. The first-order valence-electron chi connectivity index (χ1n) is 16.7. The van der Waals surface area contributed by atoms with Crippen LogP contribution in [0.1, 0.15) is 27.0 Å². The Bertz CT molecular complexity index is 1960. The number of hydrogen-bond acceptors (Lipinski definition) is 7. The van der Waals surface area contributed by atoms with Crippen molar-refractivity contribution < 1.29 is 50.1 Å². The number of halogens is 6. The molecular weight excluding hydrogens is 718 g/mol. The highest BCUT2D eigenvalue weighted by Gasteiger charge is 2.38. The largest absolute Gasteiger partial charge is 0.497 e. The van der Waals surface area contributed by atoms with Crippen molar-refractivity contribution in [3.8, 4) is 45.4 Å². The summed E-state index contributed by atoms with van der Waals surface area (Å²) in [5.74, 6) is 0.554. The third-order valence-corrected chi connectivity index (χ3v) is 8.26. The summed E-state index contributed by atoms with van der Waals surface area (Å²) in [6, 6.07) is 21.4. The smallest absolute Gasteiger partial charge is 0.416 e. The summed E-state index contributed by atoms with van der Waals surface area (Å²) < 4.78 is 107. The summed E-state index contributed by atoms with van der Waals surface area (Å²) in [5, 5.41) is 2.76. The van der Waals surface area contributed by atoms with Crippen molar-refractivity contribution in [3.63, 3.8) is 0 Å². The molecule has 0 aliphatic carbocycles. The molecular formula is C39H38F6N4O5. The fraction of sp³-hybridized carbons (Fsp3) is 0.282. The second-order valence-corrected chi connectivity index (χ2v) is 11.9. The molecule has 0 saturated heterocycles. The van der Waals surface area contributed by atoms with Gasteiger partial charge in [0, 0.05) is 41.9 Å². The van der Waals surface area contributed by atoms with Gasteiger partial charge in [0.15, 0.2) is 0 Å². The van der Waals surface area contributed by atoms with Gasteiger partial charge in [-0.2, -0.15) is 26.3 Å². The highest BCUT2D eigenvalue weighted by molar-refractivity contribution is 5.94. The molecule has 0 bridgehead atoms. The Balaban J connectivity index is 1.58. The Morgan fingerprint density at radius 2 is 1.24 bits per heavy atom. The van der Waals surface area contributed by atoms with Crippen LogP contribution in [0.15, 0.2) is 91.0 Å². The van der Waals surface area contributed by atoms with Gasteiger partial charge in [-0.05, 0) is 84.4 Å². The molecule has 286 valence electrons. The van der Waals surface area contributed by atoms with E-state index in [1.807, 2.05) is 0 Å². The van der Waals surface area contributed by atoms with E-state index in [1.165, 1.54) is 14.2 Å². The zero-order chi connectivity index (χ0) is 38.9. The monoisotopic (exact) mass is 756 g/mol. The number of aromatic nitrogens is 2. The first-order chi connectivity index (χ1) is 25.8. The number of carbonyl (C=O) groups excluding carboxylic acids is 1. The molecule has 1 aromatic heterocycles. The maximum absolute atomic E-state index is 14.1. The van der Waals surface area contributed by atoms with Crippen molar-refractivity contribution in [3.05, 3.63) is 113 Å². The van der Waals surface area contributed by atoms with Crippen LogP contribution in [0.5, 0.6) is 11.5 Å². The maximum Gasteiger partial charge on any atom is 0.416 e. The number of ether oxygens (including phenoxy) is 4. The molecule has 0 spiro atoms. The van der Waals surface area contributed by atoms with Crippen molar-refractivity contribution in [1.82, 2.24) is 14.9 Å². The van der Waals surface area contributed by atoms with Crippen molar-refractivity contribution in [2.75, 3.05) is 53.7 Å². The maximum atomic E-state index is 14.1. The molecule has 0 unspecified atom stereocenters. The van der Waals surface area contributed by atoms with Crippen LogP contribution >= 0.6 is 0 Å². The Morgan fingerprint density at radius 3 is 1.76 bits per heavy atom. The zero-order valence-corrected chi connectivity index (χ0v) is 29.4. The molecule has 54 heavy (non-hydrogen) atoms. The van der Waals surface area contributed by atoms with Crippen molar-refractivity contribution in [1.29, 1.82) is 0 Å². The van der Waals surface area contributed by atoms with Gasteiger partial charge in [-0.1, -0.05) is 12.1 Å². The highest BCUT2D eigenvalue weighted by atomic mass is 19.4. The third kappa shape index (κ3) is 9.98. The highest BCUT2D eigenvalue weighted by Crippen LogP contribution is 2.42. The average molecular weight is 757 g/mol. The molecule has 0 radical (unpaired) electrons. The lowest BCUT2D eigenvalue weighted by Gasteiger charge is -2.17. The number of carbonyl (C=O) groups is 1. The summed E-state index contributed by atoms with van der Waals surface area (Å²) in [7, 11) is 2.98. The summed E-state index contributed by atoms with van der Waals surface area (Å²) in [4.78, 5) is 17.6. The van der Waals surface area contributed by atoms with E-state index in [-0.39, 0.29) is 37.5 Å². The van der Waals surface area contributed by atoms with E-state index in [9.17, 15) is 31.1 Å². The van der Waals surface area contributed by atoms with Crippen LogP contribution in [0.3, 0.4) is 0 Å². The Morgan fingerprint density at radius 1 is 0.704 bits per heavy atom. The van der Waals surface area contributed by atoms with E-state index in [2.05, 4.69) is 5.32 Å². The van der Waals surface area contributed by atoms with E-state index >= 15 is 0 Å². The molecule has 1 heterocycles. The number of imidazole rings is 1. The van der Waals surface area contributed by atoms with Crippen LogP contribution in [0.2, 0.25) is 0 Å². The summed E-state index contributed by atoms with van der Waals surface area (Å²) >= 11 is 0. The number of nitrogens with two attached hydrogens (primary N) is 1. The van der Waals surface area contributed by atoms with Crippen LogP contribution < -0.4 is 20.5 Å². The number of amides is 1. The first-order valence-corrected chi connectivity index (χ1v) is 16.7. The molecule has 0 aliphatic rings. The number of nitrogens with zero attached hydrogens (tertiary/aromatic N) is 2. The van der Waals surface area contributed by atoms with Crippen molar-refractivity contribution in [2.24, 2.45) is 5.73 Å². The van der Waals surface area contributed by atoms with Crippen LogP contribution in [-0.2, 0) is 28.4 Å². The second kappa shape index (κ2) is 17.6. The normalized spacial score (nSPS) is 11.8. The lowest BCUT2D eigenvalue weighted by Crippen LogP contribution is -2.27. The summed E-state index contributed by atoms with van der Waals surface area (Å²) in [6.07, 6.45) is -10.2. The van der Waals surface area contributed by atoms with Gasteiger partial charge >= 0.3 is 12.4 Å². The van der Waals surface area contributed by atoms with Gasteiger partial charge in [0.05, 0.1) is 63.2 Å². The summed E-state index contributed by atoms with van der Waals surface area (Å²) in [6.45, 7) is 2.02. The number of benzene rings is 4. The predicted octanol–water partition coefficient (Wildman–Crippen LogP) is 7.71. The van der Waals surface area contributed by atoms with E-state index < -0.39 is 29.0 Å². The van der Waals surface area contributed by atoms with E-state index in [0.29, 0.717) is 83.6 Å². The average Bonchev–Trinajstić information content (AvgIpc) is 3.54. The van der Waals surface area contributed by atoms with Gasteiger partial charge in [0.1, 0.15) is 17.3 Å². The minimum absolute atomic E-state index is 0.0422. The topological polar surface area (TPSA) is 110 Å². The Labute approximate surface area is 307 Å². The van der Waals surface area contributed by atoms with Crippen LogP contribution in [-0.4, -0.2) is 69.2 Å². The quantitative estimate of drug-likeness (QED) is 0.0785. The predicted molar refractivity (Wildman–Crippen MR) is 190 cm³/mol. The van der Waals surface area contributed by atoms with E-state index in [1.54, 1.807) is 77.4 Å². The molecule has 5 rings (SSSR count). The summed E-state index contributed by atoms with van der Waals surface area (Å²) in [5.41, 5.74) is 4.76. The molecule has 15 heteroatoms. The van der Waals surface area contributed by atoms with E-state index in [4.69, 9.17) is 29.7 Å². The van der Waals surface area contributed by atoms with Crippen LogP contribution in [0, 0.1) is 0 Å². The Kier molecular flexibility index (Phi) is 13.0. The van der Waals surface area contributed by atoms with Gasteiger partial charge in [-0.15, -0.1) is 0 Å². The molecule has 0 saturated carbocycles. The number of alkyl halides is 6. The second-order valence-electron chi connectivity index (χ2n) is 11.9. The number of nitrogens with one attached hydrogen (secondary N) is 1. The van der Waals surface area contributed by atoms with Gasteiger partial charge in [-0.3, -0.25) is 4.79 Å². The molecule has 0 atom stereocenters. The van der Waals surface area contributed by atoms with Gasteiger partial charge in [0.2, 0.25) is 0 Å². The molecule has 4 aromatic carbocycles. The molecule has 3 N–H and O–H groups in total. The van der Waals surface area contributed by atoms with Crippen molar-refractivity contribution in [2.45, 2.75) is 18.9 Å². The van der Waals surface area contributed by atoms with E-state index in [0.717, 1.165) is 0 Å². The lowest BCUT2D eigenvalue weighted by atomic mass is 10.0. The van der Waals surface area contributed by atoms with Crippen LogP contribution in [0.4, 0.5) is 26.3 Å². The molecule has 0 aliphatic heterocycles. The standard InChI is InChI=1S/C39H38F6N4O5/c1-51-32-11-7-26(8-12-32)34-35(27-9-13-33(52-2)14-10-27)49(36(48-34)29-21-30(38(40,41)42)23-31(22-29)39(43,44)45)24-25-3-5-28(6-4-25)37(50)47-16-18-54-20-19-53-17-15-46/h3-14,21-23H,15-20,24,46H2,1-2H3,(H,47,50). The molecule has 5 aromatic rings. The third-order valence-electron chi connectivity index (χ3n) is 8.26. The van der Waals surface area contributed by atoms with Gasteiger partial charge < -0.3 is 34.6 Å². The SMILES string of the molecule is COc1ccc(-c2nc(-c3cc(C(F)(F)F)cc(C(F)(F)F)c3)n(Cc3ccc(C(=O)NCCOCCOCCN)cc3)c2-c2ccc(OC)cc2)cc1. The fourth-order valence-corrected chi connectivity index (χ4v) is 5.59. The van der Waals surface area contributed by atoms with Gasteiger partial charge in [0.25, 0.3) is 5.91 Å². The Hall–Kier alpha value is -5.38. The number of methoxy groups -OCH3 is 2. The molecule has 0 fully saturated rings. The minimum atomic E-state index is -5.08. The first kappa shape index (κ1) is 39.8. The molecule has 1 amide bonds. The zero-order valence-electron chi connectivity index (χ0n) is 29.4. The number of rotatable bonds is 16. The molecule has 9 nitrogen and oxygen atoms in total. The fourth-order valence-electron chi connectivity index (χ4n) is 5.59. The van der Waals surface area contributed by atoms with Crippen LogP contribution in [0.25, 0.3) is 33.9 Å². The number of hydrogen-bond donors (Lipinski definition) is 2. The lowest BCUT2D eigenvalue weighted by molar-refractivity contribution is -0.143.